The Morgan fingerprint density at radius 3 is 2.76 bits per heavy atom. The average Bonchev–Trinajstić information content (AvgIpc) is 2.50. The molecule has 1 aromatic rings. The molecular weight excluding hydrogens is 311 g/mol. The predicted molar refractivity (Wildman–Crippen MR) is 85.3 cm³/mol. The van der Waals surface area contributed by atoms with E-state index in [9.17, 15) is 4.79 Å². The maximum absolute atomic E-state index is 12.0. The molecule has 0 radical (unpaired) electrons. The van der Waals surface area contributed by atoms with Crippen LogP contribution < -0.4 is 5.32 Å². The van der Waals surface area contributed by atoms with E-state index in [1.165, 1.54) is 0 Å². The van der Waals surface area contributed by atoms with Gasteiger partial charge in [-0.2, -0.15) is 0 Å². The van der Waals surface area contributed by atoms with Gasteiger partial charge in [-0.15, -0.1) is 0 Å². The van der Waals surface area contributed by atoms with Crippen molar-refractivity contribution in [2.24, 2.45) is 0 Å². The highest BCUT2D eigenvalue weighted by Gasteiger charge is 2.11. The highest BCUT2D eigenvalue weighted by Crippen LogP contribution is 2.20. The van der Waals surface area contributed by atoms with Crippen LogP contribution in [-0.2, 0) is 4.74 Å². The second-order valence-corrected chi connectivity index (χ2v) is 5.88. The van der Waals surface area contributed by atoms with Gasteiger partial charge in [0.25, 0.3) is 5.91 Å². The van der Waals surface area contributed by atoms with E-state index in [4.69, 9.17) is 27.9 Å². The van der Waals surface area contributed by atoms with Gasteiger partial charge in [-0.3, -0.25) is 9.69 Å². The van der Waals surface area contributed by atoms with E-state index in [1.807, 2.05) is 0 Å². The molecule has 0 aliphatic carbocycles. The molecule has 1 aliphatic heterocycles. The van der Waals surface area contributed by atoms with Gasteiger partial charge in [0.2, 0.25) is 0 Å². The lowest BCUT2D eigenvalue weighted by Crippen LogP contribution is -2.37. The fraction of sp³-hybridized carbons (Fsp3) is 0.533. The fourth-order valence-corrected chi connectivity index (χ4v) is 2.63. The summed E-state index contributed by atoms with van der Waals surface area (Å²) >= 11 is 11.9. The SMILES string of the molecule is O=C(NCCCCN1CCOCC1)c1cc(Cl)ccc1Cl. The van der Waals surface area contributed by atoms with Crippen molar-refractivity contribution >= 4 is 29.1 Å². The average molecular weight is 331 g/mol. The van der Waals surface area contributed by atoms with Gasteiger partial charge in [-0.25, -0.2) is 0 Å². The number of nitrogens with zero attached hydrogens (tertiary/aromatic N) is 1. The molecule has 1 aromatic carbocycles. The maximum Gasteiger partial charge on any atom is 0.252 e. The molecule has 21 heavy (non-hydrogen) atoms. The smallest absolute Gasteiger partial charge is 0.252 e. The Balaban J connectivity index is 1.66. The zero-order chi connectivity index (χ0) is 15.1. The van der Waals surface area contributed by atoms with E-state index in [0.717, 1.165) is 45.7 Å². The number of hydrogen-bond acceptors (Lipinski definition) is 3. The number of morpholine rings is 1. The Kier molecular flexibility index (Phi) is 6.77. The van der Waals surface area contributed by atoms with Crippen LogP contribution in [0.3, 0.4) is 0 Å². The summed E-state index contributed by atoms with van der Waals surface area (Å²) in [6, 6.07) is 4.90. The Morgan fingerprint density at radius 2 is 2.00 bits per heavy atom. The molecule has 2 rings (SSSR count). The Morgan fingerprint density at radius 1 is 1.24 bits per heavy atom. The summed E-state index contributed by atoms with van der Waals surface area (Å²) in [5.74, 6) is -0.172. The van der Waals surface area contributed by atoms with Gasteiger partial charge in [0.05, 0.1) is 23.8 Å². The molecule has 0 unspecified atom stereocenters. The van der Waals surface area contributed by atoms with Crippen LogP contribution in [0.1, 0.15) is 23.2 Å². The van der Waals surface area contributed by atoms with Crippen molar-refractivity contribution in [1.82, 2.24) is 10.2 Å². The fourth-order valence-electron chi connectivity index (χ4n) is 2.25. The van der Waals surface area contributed by atoms with Crippen LogP contribution in [0.2, 0.25) is 10.0 Å². The van der Waals surface area contributed by atoms with Crippen LogP contribution in [0.15, 0.2) is 18.2 Å². The van der Waals surface area contributed by atoms with Crippen molar-refractivity contribution in [1.29, 1.82) is 0 Å². The predicted octanol–water partition coefficient (Wildman–Crippen LogP) is 2.84. The monoisotopic (exact) mass is 330 g/mol. The van der Waals surface area contributed by atoms with Gasteiger partial charge in [-0.05, 0) is 37.6 Å². The first kappa shape index (κ1) is 16.6. The second kappa shape index (κ2) is 8.59. The molecule has 1 N–H and O–H groups in total. The van der Waals surface area contributed by atoms with Gasteiger partial charge in [0.1, 0.15) is 0 Å². The normalized spacial score (nSPS) is 15.9. The molecule has 0 aromatic heterocycles. The van der Waals surface area contributed by atoms with Crippen LogP contribution in [0.4, 0.5) is 0 Å². The first-order valence-corrected chi connectivity index (χ1v) is 7.96. The Bertz CT molecular complexity index is 477. The lowest BCUT2D eigenvalue weighted by Gasteiger charge is -2.26. The molecule has 6 heteroatoms. The van der Waals surface area contributed by atoms with E-state index >= 15 is 0 Å². The third-order valence-corrected chi connectivity index (χ3v) is 4.03. The molecule has 4 nitrogen and oxygen atoms in total. The summed E-state index contributed by atoms with van der Waals surface area (Å²) in [6.07, 6.45) is 2.00. The zero-order valence-electron chi connectivity index (χ0n) is 11.9. The van der Waals surface area contributed by atoms with Crippen molar-refractivity contribution in [2.75, 3.05) is 39.4 Å². The second-order valence-electron chi connectivity index (χ2n) is 5.04. The number of benzene rings is 1. The van der Waals surface area contributed by atoms with E-state index in [0.29, 0.717) is 22.2 Å². The van der Waals surface area contributed by atoms with Crippen molar-refractivity contribution in [3.63, 3.8) is 0 Å². The first-order valence-electron chi connectivity index (χ1n) is 7.20. The van der Waals surface area contributed by atoms with Crippen LogP contribution >= 0.6 is 23.2 Å². The summed E-state index contributed by atoms with van der Waals surface area (Å²) in [7, 11) is 0. The van der Waals surface area contributed by atoms with Crippen LogP contribution in [0, 0.1) is 0 Å². The van der Waals surface area contributed by atoms with Crippen molar-refractivity contribution in [3.8, 4) is 0 Å². The highest BCUT2D eigenvalue weighted by molar-refractivity contribution is 6.35. The van der Waals surface area contributed by atoms with E-state index < -0.39 is 0 Å². The largest absolute Gasteiger partial charge is 0.379 e. The van der Waals surface area contributed by atoms with Gasteiger partial charge < -0.3 is 10.1 Å². The molecule has 0 saturated carbocycles. The van der Waals surface area contributed by atoms with Crippen LogP contribution in [-0.4, -0.2) is 50.2 Å². The zero-order valence-corrected chi connectivity index (χ0v) is 13.4. The number of hydrogen-bond donors (Lipinski definition) is 1. The third-order valence-electron chi connectivity index (χ3n) is 3.46. The molecule has 0 atom stereocenters. The molecule has 116 valence electrons. The number of halogens is 2. The highest BCUT2D eigenvalue weighted by atomic mass is 35.5. The van der Waals surface area contributed by atoms with Gasteiger partial charge in [-0.1, -0.05) is 23.2 Å². The summed E-state index contributed by atoms with van der Waals surface area (Å²) < 4.78 is 5.31. The first-order chi connectivity index (χ1) is 10.2. The van der Waals surface area contributed by atoms with Gasteiger partial charge in [0.15, 0.2) is 0 Å². The number of carbonyl (C=O) groups excluding carboxylic acids is 1. The molecule has 1 amide bonds. The molecule has 1 aliphatic rings. The minimum absolute atomic E-state index is 0.172. The van der Waals surface area contributed by atoms with Crippen molar-refractivity contribution in [2.45, 2.75) is 12.8 Å². The van der Waals surface area contributed by atoms with Crippen LogP contribution in [0.25, 0.3) is 0 Å². The lowest BCUT2D eigenvalue weighted by molar-refractivity contribution is 0.0372. The molecular formula is C15H20Cl2N2O2. The standard InChI is InChI=1S/C15H20Cl2N2O2/c16-12-3-4-14(17)13(11-12)15(20)18-5-1-2-6-19-7-9-21-10-8-19/h3-4,11H,1-2,5-10H2,(H,18,20). The number of carbonyl (C=O) groups is 1. The maximum atomic E-state index is 12.0. The van der Waals surface area contributed by atoms with E-state index in [1.54, 1.807) is 18.2 Å². The quantitative estimate of drug-likeness (QED) is 0.815. The van der Waals surface area contributed by atoms with Crippen LogP contribution in [0.5, 0.6) is 0 Å². The number of nitrogens with one attached hydrogen (secondary N) is 1. The van der Waals surface area contributed by atoms with Crippen molar-refractivity contribution in [3.05, 3.63) is 33.8 Å². The topological polar surface area (TPSA) is 41.6 Å². The molecule has 1 heterocycles. The number of amides is 1. The lowest BCUT2D eigenvalue weighted by atomic mass is 10.2. The minimum Gasteiger partial charge on any atom is -0.379 e. The summed E-state index contributed by atoms with van der Waals surface area (Å²) in [5, 5.41) is 3.81. The van der Waals surface area contributed by atoms with Gasteiger partial charge in [0, 0.05) is 24.7 Å². The van der Waals surface area contributed by atoms with Crippen molar-refractivity contribution < 1.29 is 9.53 Å². The molecule has 1 fully saturated rings. The van der Waals surface area contributed by atoms with E-state index in [2.05, 4.69) is 10.2 Å². The summed E-state index contributed by atoms with van der Waals surface area (Å²) in [6.45, 7) is 5.35. The number of unbranched alkanes of at least 4 members (excludes halogenated alkanes) is 1. The summed E-state index contributed by atoms with van der Waals surface area (Å²) in [5.41, 5.74) is 0.428. The molecule has 0 spiro atoms. The minimum atomic E-state index is -0.172. The molecule has 0 bridgehead atoms. The third kappa shape index (κ3) is 5.47. The Labute approximate surface area is 135 Å². The number of rotatable bonds is 6. The van der Waals surface area contributed by atoms with Gasteiger partial charge >= 0.3 is 0 Å². The molecule has 1 saturated heterocycles. The Hall–Kier alpha value is -0.810. The number of ether oxygens (including phenoxy) is 1. The summed E-state index contributed by atoms with van der Waals surface area (Å²) in [4.78, 5) is 14.4. The van der Waals surface area contributed by atoms with E-state index in [-0.39, 0.29) is 5.91 Å².